The maximum atomic E-state index is 11.3. The van der Waals surface area contributed by atoms with E-state index in [0.717, 1.165) is 25.8 Å². The zero-order valence-electron chi connectivity index (χ0n) is 10.8. The number of rotatable bonds is 4. The van der Waals surface area contributed by atoms with Gasteiger partial charge >= 0.3 is 0 Å². The summed E-state index contributed by atoms with van der Waals surface area (Å²) >= 11 is 2.02. The van der Waals surface area contributed by atoms with Gasteiger partial charge in [-0.3, -0.25) is 4.79 Å². The SMILES string of the molecule is O=CN(Cc1ccccc1)C1CCCCSCC1. The monoisotopic (exact) mass is 263 g/mol. The highest BCUT2D eigenvalue weighted by Crippen LogP contribution is 2.21. The van der Waals surface area contributed by atoms with Gasteiger partial charge in [0.1, 0.15) is 0 Å². The fraction of sp³-hybridized carbons (Fsp3) is 0.533. The van der Waals surface area contributed by atoms with Crippen molar-refractivity contribution in [1.82, 2.24) is 4.90 Å². The fourth-order valence-corrected chi connectivity index (χ4v) is 3.48. The van der Waals surface area contributed by atoms with Crippen molar-refractivity contribution in [3.8, 4) is 0 Å². The van der Waals surface area contributed by atoms with Crippen LogP contribution in [-0.2, 0) is 11.3 Å². The summed E-state index contributed by atoms with van der Waals surface area (Å²) < 4.78 is 0. The first-order valence-electron chi connectivity index (χ1n) is 6.73. The summed E-state index contributed by atoms with van der Waals surface area (Å²) in [5.74, 6) is 2.47. The maximum absolute atomic E-state index is 11.3. The van der Waals surface area contributed by atoms with Gasteiger partial charge in [0.15, 0.2) is 0 Å². The molecule has 0 saturated carbocycles. The lowest BCUT2D eigenvalue weighted by Crippen LogP contribution is -2.34. The molecule has 1 aromatic carbocycles. The Morgan fingerprint density at radius 2 is 2.00 bits per heavy atom. The van der Waals surface area contributed by atoms with Crippen molar-refractivity contribution in [3.05, 3.63) is 35.9 Å². The molecular weight excluding hydrogens is 242 g/mol. The second-order valence-corrected chi connectivity index (χ2v) is 6.04. The van der Waals surface area contributed by atoms with Gasteiger partial charge in [-0.25, -0.2) is 0 Å². The molecule has 2 nitrogen and oxygen atoms in total. The molecule has 1 aromatic rings. The van der Waals surface area contributed by atoms with Gasteiger partial charge in [-0.1, -0.05) is 36.8 Å². The van der Waals surface area contributed by atoms with Crippen LogP contribution in [0.15, 0.2) is 30.3 Å². The molecule has 1 fully saturated rings. The summed E-state index contributed by atoms with van der Waals surface area (Å²) in [4.78, 5) is 13.3. The van der Waals surface area contributed by atoms with Crippen LogP contribution in [0.25, 0.3) is 0 Å². The van der Waals surface area contributed by atoms with E-state index in [1.807, 2.05) is 34.9 Å². The number of hydrogen-bond acceptors (Lipinski definition) is 2. The molecule has 0 bridgehead atoms. The third kappa shape index (κ3) is 4.05. The van der Waals surface area contributed by atoms with Crippen molar-refractivity contribution < 1.29 is 4.79 Å². The van der Waals surface area contributed by atoms with Crippen LogP contribution < -0.4 is 0 Å². The van der Waals surface area contributed by atoms with Gasteiger partial charge in [-0.2, -0.15) is 11.8 Å². The van der Waals surface area contributed by atoms with E-state index in [2.05, 4.69) is 12.1 Å². The standard InChI is InChI=1S/C15H21NOS/c17-13-16(12-14-6-2-1-3-7-14)15-8-4-5-10-18-11-9-15/h1-3,6-7,13,15H,4-5,8-12H2. The molecule has 1 heterocycles. The largest absolute Gasteiger partial charge is 0.338 e. The van der Waals surface area contributed by atoms with Crippen LogP contribution >= 0.6 is 11.8 Å². The predicted molar refractivity (Wildman–Crippen MR) is 77.6 cm³/mol. The number of amides is 1. The molecule has 3 heteroatoms. The number of carbonyl (C=O) groups is 1. The third-order valence-electron chi connectivity index (χ3n) is 3.48. The van der Waals surface area contributed by atoms with Crippen LogP contribution in [0.3, 0.4) is 0 Å². The molecule has 1 saturated heterocycles. The minimum atomic E-state index is 0.426. The van der Waals surface area contributed by atoms with Crippen molar-refractivity contribution in [2.45, 2.75) is 38.3 Å². The van der Waals surface area contributed by atoms with E-state index in [1.165, 1.54) is 29.9 Å². The van der Waals surface area contributed by atoms with Crippen LogP contribution in [0.5, 0.6) is 0 Å². The fourth-order valence-electron chi connectivity index (χ4n) is 2.43. The highest BCUT2D eigenvalue weighted by molar-refractivity contribution is 7.99. The molecule has 1 amide bonds. The molecule has 1 aliphatic rings. The highest BCUT2D eigenvalue weighted by Gasteiger charge is 2.18. The van der Waals surface area contributed by atoms with Crippen LogP contribution in [-0.4, -0.2) is 28.9 Å². The topological polar surface area (TPSA) is 20.3 Å². The average molecular weight is 263 g/mol. The number of carbonyl (C=O) groups excluding carboxylic acids is 1. The zero-order chi connectivity index (χ0) is 12.6. The van der Waals surface area contributed by atoms with Crippen molar-refractivity contribution >= 4 is 18.2 Å². The molecule has 0 spiro atoms. The lowest BCUT2D eigenvalue weighted by Gasteiger charge is -2.29. The van der Waals surface area contributed by atoms with Gasteiger partial charge in [0.2, 0.25) is 6.41 Å². The summed E-state index contributed by atoms with van der Waals surface area (Å²) in [5, 5.41) is 0. The number of thioether (sulfide) groups is 1. The Labute approximate surface area is 114 Å². The Balaban J connectivity index is 1.96. The smallest absolute Gasteiger partial charge is 0.210 e. The summed E-state index contributed by atoms with van der Waals surface area (Å²) in [5.41, 5.74) is 1.22. The van der Waals surface area contributed by atoms with Gasteiger partial charge in [-0.05, 0) is 36.3 Å². The zero-order valence-corrected chi connectivity index (χ0v) is 11.6. The van der Waals surface area contributed by atoms with Crippen LogP contribution in [0.2, 0.25) is 0 Å². The van der Waals surface area contributed by atoms with Gasteiger partial charge < -0.3 is 4.90 Å². The van der Waals surface area contributed by atoms with E-state index < -0.39 is 0 Å². The van der Waals surface area contributed by atoms with Crippen molar-refractivity contribution in [2.75, 3.05) is 11.5 Å². The molecule has 2 rings (SSSR count). The Hall–Kier alpha value is -0.960. The van der Waals surface area contributed by atoms with Gasteiger partial charge in [0, 0.05) is 12.6 Å². The first-order chi connectivity index (χ1) is 8.90. The summed E-state index contributed by atoms with van der Waals surface area (Å²) in [6.07, 6.45) is 5.86. The molecule has 98 valence electrons. The van der Waals surface area contributed by atoms with Gasteiger partial charge in [0.25, 0.3) is 0 Å². The maximum Gasteiger partial charge on any atom is 0.210 e. The van der Waals surface area contributed by atoms with Crippen molar-refractivity contribution in [2.24, 2.45) is 0 Å². The minimum absolute atomic E-state index is 0.426. The van der Waals surface area contributed by atoms with E-state index in [9.17, 15) is 4.79 Å². The highest BCUT2D eigenvalue weighted by atomic mass is 32.2. The normalized spacial score (nSPS) is 20.8. The lowest BCUT2D eigenvalue weighted by molar-refractivity contribution is -0.121. The average Bonchev–Trinajstić information content (AvgIpc) is 2.37. The first kappa shape index (κ1) is 13.5. The summed E-state index contributed by atoms with van der Waals surface area (Å²) in [6, 6.07) is 10.7. The molecular formula is C15H21NOS. The molecule has 0 aromatic heterocycles. The van der Waals surface area contributed by atoms with E-state index in [-0.39, 0.29) is 0 Å². The first-order valence-corrected chi connectivity index (χ1v) is 7.88. The second kappa shape index (κ2) is 7.47. The van der Waals surface area contributed by atoms with Gasteiger partial charge in [-0.15, -0.1) is 0 Å². The van der Waals surface area contributed by atoms with Crippen LogP contribution in [0.4, 0.5) is 0 Å². The molecule has 1 aliphatic heterocycles. The Kier molecular flexibility index (Phi) is 5.59. The molecule has 1 atom stereocenters. The number of hydrogen-bond donors (Lipinski definition) is 0. The summed E-state index contributed by atoms with van der Waals surface area (Å²) in [7, 11) is 0. The molecule has 0 N–H and O–H groups in total. The lowest BCUT2D eigenvalue weighted by atomic mass is 10.0. The Morgan fingerprint density at radius 3 is 2.78 bits per heavy atom. The Bertz CT molecular complexity index is 347. The van der Waals surface area contributed by atoms with Crippen molar-refractivity contribution in [1.29, 1.82) is 0 Å². The van der Waals surface area contributed by atoms with Crippen LogP contribution in [0.1, 0.15) is 31.2 Å². The summed E-state index contributed by atoms with van der Waals surface area (Å²) in [6.45, 7) is 0.750. The quantitative estimate of drug-likeness (QED) is 0.777. The molecule has 18 heavy (non-hydrogen) atoms. The number of nitrogens with zero attached hydrogens (tertiary/aromatic N) is 1. The molecule has 0 aliphatic carbocycles. The minimum Gasteiger partial charge on any atom is -0.338 e. The second-order valence-electron chi connectivity index (χ2n) is 4.81. The van der Waals surface area contributed by atoms with E-state index in [4.69, 9.17) is 0 Å². The van der Waals surface area contributed by atoms with Crippen molar-refractivity contribution in [3.63, 3.8) is 0 Å². The van der Waals surface area contributed by atoms with E-state index in [1.54, 1.807) is 0 Å². The molecule has 1 unspecified atom stereocenters. The van der Waals surface area contributed by atoms with Crippen LogP contribution in [0, 0.1) is 0 Å². The Morgan fingerprint density at radius 1 is 1.17 bits per heavy atom. The molecule has 0 radical (unpaired) electrons. The number of benzene rings is 1. The van der Waals surface area contributed by atoms with E-state index >= 15 is 0 Å². The predicted octanol–water partition coefficient (Wildman–Crippen LogP) is 3.32. The third-order valence-corrected chi connectivity index (χ3v) is 4.59. The van der Waals surface area contributed by atoms with Gasteiger partial charge in [0.05, 0.1) is 0 Å². The van der Waals surface area contributed by atoms with E-state index in [0.29, 0.717) is 6.04 Å².